The molecular weight excluding hydrogens is 226 g/mol. The Labute approximate surface area is 108 Å². The van der Waals surface area contributed by atoms with Gasteiger partial charge in [0.15, 0.2) is 0 Å². The van der Waals surface area contributed by atoms with Gasteiger partial charge in [-0.3, -0.25) is 4.79 Å². The van der Waals surface area contributed by atoms with Crippen LogP contribution in [-0.4, -0.2) is 25.0 Å². The zero-order valence-corrected chi connectivity index (χ0v) is 10.6. The fourth-order valence-electron chi connectivity index (χ4n) is 1.63. The molecule has 1 amide bonds. The Morgan fingerprint density at radius 2 is 2.11 bits per heavy atom. The van der Waals surface area contributed by atoms with Crippen molar-refractivity contribution in [2.45, 2.75) is 25.8 Å². The lowest BCUT2D eigenvalue weighted by molar-refractivity contribution is -0.120. The van der Waals surface area contributed by atoms with E-state index in [0.717, 1.165) is 6.42 Å². The Morgan fingerprint density at radius 3 is 2.78 bits per heavy atom. The molecule has 0 heterocycles. The number of benzene rings is 1. The van der Waals surface area contributed by atoms with E-state index in [0.29, 0.717) is 19.5 Å². The van der Waals surface area contributed by atoms with Gasteiger partial charge in [0.2, 0.25) is 5.91 Å². The maximum Gasteiger partial charge on any atom is 0.233 e. The van der Waals surface area contributed by atoms with Gasteiger partial charge in [0.05, 0.1) is 19.0 Å². The summed E-state index contributed by atoms with van der Waals surface area (Å²) in [7, 11) is 0. The van der Waals surface area contributed by atoms with Gasteiger partial charge in [-0.2, -0.15) is 5.26 Å². The van der Waals surface area contributed by atoms with Gasteiger partial charge in [-0.05, 0) is 18.9 Å². The average Bonchev–Trinajstić information content (AvgIpc) is 2.38. The second-order valence-electron chi connectivity index (χ2n) is 4.23. The molecule has 18 heavy (non-hydrogen) atoms. The van der Waals surface area contributed by atoms with Crippen LogP contribution in [0.5, 0.6) is 0 Å². The normalized spacial score (nSPS) is 11.6. The van der Waals surface area contributed by atoms with Crippen molar-refractivity contribution >= 4 is 5.91 Å². The highest BCUT2D eigenvalue weighted by Gasteiger charge is 2.05. The molecule has 0 bridgehead atoms. The molecule has 0 aliphatic carbocycles. The van der Waals surface area contributed by atoms with Gasteiger partial charge in [0, 0.05) is 12.6 Å². The Bertz CT molecular complexity index is 397. The molecule has 0 saturated carbocycles. The summed E-state index contributed by atoms with van der Waals surface area (Å²) >= 11 is 0. The van der Waals surface area contributed by atoms with Crippen molar-refractivity contribution in [2.75, 3.05) is 13.1 Å². The number of amides is 1. The van der Waals surface area contributed by atoms with Crippen LogP contribution in [0.3, 0.4) is 0 Å². The first-order valence-electron chi connectivity index (χ1n) is 6.13. The Morgan fingerprint density at radius 1 is 1.39 bits per heavy atom. The highest BCUT2D eigenvalue weighted by Crippen LogP contribution is 2.02. The summed E-state index contributed by atoms with van der Waals surface area (Å²) in [5.74, 6) is -0.0647. The van der Waals surface area contributed by atoms with Crippen molar-refractivity contribution in [3.05, 3.63) is 35.9 Å². The molecule has 0 radical (unpaired) electrons. The Balaban J connectivity index is 2.19. The van der Waals surface area contributed by atoms with Crippen molar-refractivity contribution in [1.29, 1.82) is 5.26 Å². The first kappa shape index (κ1) is 14.2. The molecular formula is C14H19N3O. The number of carbonyl (C=O) groups excluding carboxylic acids is 1. The standard InChI is InChI=1S/C14H19N3O/c1-12(10-13-6-3-2-4-7-13)17-11-14(18)16-9-5-8-15/h2-4,6-7,12,17H,5,9-11H2,1H3,(H,16,18). The third-order valence-corrected chi connectivity index (χ3v) is 2.55. The van der Waals surface area contributed by atoms with Gasteiger partial charge in [0.25, 0.3) is 0 Å². The zero-order valence-electron chi connectivity index (χ0n) is 10.6. The summed E-state index contributed by atoms with van der Waals surface area (Å²) in [5, 5.41) is 14.2. The van der Waals surface area contributed by atoms with Gasteiger partial charge in [0.1, 0.15) is 0 Å². The summed E-state index contributed by atoms with van der Waals surface area (Å²) in [4.78, 5) is 11.4. The monoisotopic (exact) mass is 245 g/mol. The number of rotatable bonds is 7. The molecule has 2 N–H and O–H groups in total. The lowest BCUT2D eigenvalue weighted by Gasteiger charge is -2.13. The van der Waals surface area contributed by atoms with Crippen molar-refractivity contribution < 1.29 is 4.79 Å². The second-order valence-corrected chi connectivity index (χ2v) is 4.23. The minimum absolute atomic E-state index is 0.0647. The van der Waals surface area contributed by atoms with E-state index >= 15 is 0 Å². The lowest BCUT2D eigenvalue weighted by atomic mass is 10.1. The average molecular weight is 245 g/mol. The van der Waals surface area contributed by atoms with Crippen LogP contribution in [0.2, 0.25) is 0 Å². The highest BCUT2D eigenvalue weighted by atomic mass is 16.1. The topological polar surface area (TPSA) is 64.9 Å². The maximum atomic E-state index is 11.4. The quantitative estimate of drug-likeness (QED) is 0.710. The predicted octanol–water partition coefficient (Wildman–Crippen LogP) is 1.24. The van der Waals surface area contributed by atoms with E-state index in [1.807, 2.05) is 24.3 Å². The number of nitriles is 1. The van der Waals surface area contributed by atoms with Crippen molar-refractivity contribution in [2.24, 2.45) is 0 Å². The van der Waals surface area contributed by atoms with E-state index in [4.69, 9.17) is 5.26 Å². The number of nitrogens with one attached hydrogen (secondary N) is 2. The molecule has 0 fully saturated rings. The van der Waals surface area contributed by atoms with Crippen LogP contribution < -0.4 is 10.6 Å². The largest absolute Gasteiger partial charge is 0.354 e. The molecule has 0 aromatic heterocycles. The molecule has 1 aromatic rings. The molecule has 0 saturated heterocycles. The van der Waals surface area contributed by atoms with Crippen LogP contribution >= 0.6 is 0 Å². The molecule has 1 unspecified atom stereocenters. The Kier molecular flexibility index (Phi) is 6.52. The molecule has 4 nitrogen and oxygen atoms in total. The van der Waals surface area contributed by atoms with Gasteiger partial charge in [-0.1, -0.05) is 30.3 Å². The van der Waals surface area contributed by atoms with Gasteiger partial charge in [-0.15, -0.1) is 0 Å². The van der Waals surface area contributed by atoms with E-state index in [9.17, 15) is 4.79 Å². The van der Waals surface area contributed by atoms with Crippen LogP contribution in [0, 0.1) is 11.3 Å². The molecule has 1 atom stereocenters. The molecule has 4 heteroatoms. The lowest BCUT2D eigenvalue weighted by Crippen LogP contribution is -2.39. The van der Waals surface area contributed by atoms with E-state index in [2.05, 4.69) is 29.7 Å². The smallest absolute Gasteiger partial charge is 0.233 e. The van der Waals surface area contributed by atoms with Gasteiger partial charge < -0.3 is 10.6 Å². The molecule has 0 spiro atoms. The van der Waals surface area contributed by atoms with Crippen LogP contribution in [0.1, 0.15) is 18.9 Å². The van der Waals surface area contributed by atoms with Crippen LogP contribution in [0.25, 0.3) is 0 Å². The minimum atomic E-state index is -0.0647. The molecule has 96 valence electrons. The maximum absolute atomic E-state index is 11.4. The number of nitrogens with zero attached hydrogens (tertiary/aromatic N) is 1. The summed E-state index contributed by atoms with van der Waals surface area (Å²) < 4.78 is 0. The predicted molar refractivity (Wildman–Crippen MR) is 70.9 cm³/mol. The zero-order chi connectivity index (χ0) is 13.2. The summed E-state index contributed by atoms with van der Waals surface area (Å²) in [5.41, 5.74) is 1.25. The van der Waals surface area contributed by atoms with Crippen molar-refractivity contribution in [3.63, 3.8) is 0 Å². The van der Waals surface area contributed by atoms with Gasteiger partial charge >= 0.3 is 0 Å². The third-order valence-electron chi connectivity index (χ3n) is 2.55. The third kappa shape index (κ3) is 6.02. The molecule has 0 aliphatic heterocycles. The molecule has 0 aliphatic rings. The summed E-state index contributed by atoms with van der Waals surface area (Å²) in [6.07, 6.45) is 1.25. The van der Waals surface area contributed by atoms with E-state index < -0.39 is 0 Å². The van der Waals surface area contributed by atoms with E-state index in [1.54, 1.807) is 0 Å². The van der Waals surface area contributed by atoms with Crippen molar-refractivity contribution in [3.8, 4) is 6.07 Å². The van der Waals surface area contributed by atoms with Gasteiger partial charge in [-0.25, -0.2) is 0 Å². The molecule has 1 rings (SSSR count). The summed E-state index contributed by atoms with van der Waals surface area (Å²) in [6.45, 7) is 2.76. The first-order valence-corrected chi connectivity index (χ1v) is 6.13. The van der Waals surface area contributed by atoms with Crippen molar-refractivity contribution in [1.82, 2.24) is 10.6 Å². The minimum Gasteiger partial charge on any atom is -0.354 e. The SMILES string of the molecule is CC(Cc1ccccc1)NCC(=O)NCCC#N. The van der Waals surface area contributed by atoms with E-state index in [-0.39, 0.29) is 11.9 Å². The number of hydrogen-bond donors (Lipinski definition) is 2. The fraction of sp³-hybridized carbons (Fsp3) is 0.429. The second kappa shape index (κ2) is 8.26. The van der Waals surface area contributed by atoms with E-state index in [1.165, 1.54) is 5.56 Å². The highest BCUT2D eigenvalue weighted by molar-refractivity contribution is 5.77. The Hall–Kier alpha value is -1.86. The summed E-state index contributed by atoms with van der Waals surface area (Å²) in [6, 6.07) is 12.4. The fourth-order valence-corrected chi connectivity index (χ4v) is 1.63. The first-order chi connectivity index (χ1) is 8.72. The van der Waals surface area contributed by atoms with Crippen LogP contribution in [0.15, 0.2) is 30.3 Å². The number of carbonyl (C=O) groups is 1. The molecule has 1 aromatic carbocycles. The number of hydrogen-bond acceptors (Lipinski definition) is 3. The van der Waals surface area contributed by atoms with Crippen LogP contribution in [-0.2, 0) is 11.2 Å². The van der Waals surface area contributed by atoms with Crippen LogP contribution in [0.4, 0.5) is 0 Å².